The Morgan fingerprint density at radius 2 is 2.32 bits per heavy atom. The molecule has 19 heavy (non-hydrogen) atoms. The van der Waals surface area contributed by atoms with Gasteiger partial charge in [0.05, 0.1) is 23.3 Å². The van der Waals surface area contributed by atoms with E-state index in [4.69, 9.17) is 0 Å². The zero-order valence-electron chi connectivity index (χ0n) is 10.1. The molecular formula is C12H10N4O2S. The highest BCUT2D eigenvalue weighted by Gasteiger charge is 2.15. The molecule has 6 nitrogen and oxygen atoms in total. The lowest BCUT2D eigenvalue weighted by Crippen LogP contribution is -2.06. The molecule has 0 spiro atoms. The maximum atomic E-state index is 11.3. The molecule has 0 unspecified atom stereocenters. The van der Waals surface area contributed by atoms with Gasteiger partial charge in [-0.3, -0.25) is 0 Å². The summed E-state index contributed by atoms with van der Waals surface area (Å²) >= 11 is 1.52. The molecule has 0 bridgehead atoms. The number of hydrogen-bond acceptors (Lipinski definition) is 5. The zero-order chi connectivity index (χ0) is 13.4. The minimum atomic E-state index is -0.977. The largest absolute Gasteiger partial charge is 0.478 e. The second kappa shape index (κ2) is 4.43. The molecule has 1 aromatic carbocycles. The van der Waals surface area contributed by atoms with Gasteiger partial charge in [-0.05, 0) is 19.1 Å². The predicted octanol–water partition coefficient (Wildman–Crippen LogP) is 1.94. The van der Waals surface area contributed by atoms with E-state index in [9.17, 15) is 9.90 Å². The van der Waals surface area contributed by atoms with Crippen molar-refractivity contribution in [2.24, 2.45) is 0 Å². The van der Waals surface area contributed by atoms with E-state index in [1.807, 2.05) is 6.92 Å². The first-order valence-corrected chi connectivity index (χ1v) is 6.49. The number of aryl methyl sites for hydroxylation is 1. The van der Waals surface area contributed by atoms with Gasteiger partial charge in [0.2, 0.25) is 0 Å². The van der Waals surface area contributed by atoms with Crippen molar-refractivity contribution in [3.8, 4) is 0 Å². The Balaban J connectivity index is 2.14. The van der Waals surface area contributed by atoms with Gasteiger partial charge in [0.25, 0.3) is 0 Å². The Morgan fingerprint density at radius 3 is 3.00 bits per heavy atom. The highest BCUT2D eigenvalue weighted by atomic mass is 32.1. The molecule has 0 radical (unpaired) electrons. The van der Waals surface area contributed by atoms with E-state index < -0.39 is 5.97 Å². The van der Waals surface area contributed by atoms with Gasteiger partial charge >= 0.3 is 5.97 Å². The van der Waals surface area contributed by atoms with Crippen LogP contribution in [0.1, 0.15) is 20.9 Å². The van der Waals surface area contributed by atoms with Gasteiger partial charge < -0.3 is 5.11 Å². The third-order valence-corrected chi connectivity index (χ3v) is 3.82. The number of hydrogen-bond donors (Lipinski definition) is 1. The van der Waals surface area contributed by atoms with Crippen LogP contribution in [-0.4, -0.2) is 31.1 Å². The summed E-state index contributed by atoms with van der Waals surface area (Å²) in [7, 11) is 0. The van der Waals surface area contributed by atoms with Crippen LogP contribution in [0.2, 0.25) is 0 Å². The van der Waals surface area contributed by atoms with Gasteiger partial charge in [-0.15, -0.1) is 16.4 Å². The van der Waals surface area contributed by atoms with Crippen LogP contribution in [0.25, 0.3) is 11.0 Å². The number of benzene rings is 1. The molecule has 0 saturated heterocycles. The first-order chi connectivity index (χ1) is 9.16. The normalized spacial score (nSPS) is 11.0. The maximum absolute atomic E-state index is 11.3. The predicted molar refractivity (Wildman–Crippen MR) is 70.4 cm³/mol. The zero-order valence-corrected chi connectivity index (χ0v) is 10.9. The van der Waals surface area contributed by atoms with Crippen molar-refractivity contribution in [1.29, 1.82) is 0 Å². The summed E-state index contributed by atoms with van der Waals surface area (Å²) in [5, 5.41) is 17.3. The third kappa shape index (κ3) is 1.97. The molecule has 1 N–H and O–H groups in total. The number of carboxylic acids is 1. The van der Waals surface area contributed by atoms with Crippen molar-refractivity contribution in [3.05, 3.63) is 39.8 Å². The monoisotopic (exact) mass is 274 g/mol. The van der Waals surface area contributed by atoms with Gasteiger partial charge in [-0.25, -0.2) is 14.5 Å². The van der Waals surface area contributed by atoms with Gasteiger partial charge in [-0.1, -0.05) is 11.3 Å². The van der Waals surface area contributed by atoms with Gasteiger partial charge in [0.15, 0.2) is 0 Å². The summed E-state index contributed by atoms with van der Waals surface area (Å²) in [4.78, 5) is 16.5. The van der Waals surface area contributed by atoms with Crippen LogP contribution in [0.5, 0.6) is 0 Å². The number of aromatic nitrogens is 4. The van der Waals surface area contributed by atoms with E-state index in [0.29, 0.717) is 17.6 Å². The number of para-hydroxylation sites is 1. The van der Waals surface area contributed by atoms with Crippen LogP contribution in [0.15, 0.2) is 23.7 Å². The Bertz CT molecular complexity index is 762. The number of aromatic carboxylic acids is 1. The summed E-state index contributed by atoms with van der Waals surface area (Å²) in [5.41, 5.74) is 4.04. The first kappa shape index (κ1) is 11.8. The number of carbonyl (C=O) groups is 1. The van der Waals surface area contributed by atoms with Crippen LogP contribution in [0.3, 0.4) is 0 Å². The number of nitrogens with zero attached hydrogens (tertiary/aromatic N) is 4. The van der Waals surface area contributed by atoms with Crippen LogP contribution in [0, 0.1) is 6.92 Å². The maximum Gasteiger partial charge on any atom is 0.337 e. The Hall–Kier alpha value is -2.28. The lowest BCUT2D eigenvalue weighted by Gasteiger charge is -2.03. The van der Waals surface area contributed by atoms with E-state index in [1.165, 1.54) is 11.3 Å². The van der Waals surface area contributed by atoms with Gasteiger partial charge in [-0.2, -0.15) is 0 Å². The molecule has 2 heterocycles. The number of carboxylic acid groups (broad SMARTS) is 1. The molecule has 2 aromatic heterocycles. The molecule has 3 rings (SSSR count). The Kier molecular flexibility index (Phi) is 2.75. The van der Waals surface area contributed by atoms with Crippen molar-refractivity contribution in [3.63, 3.8) is 0 Å². The van der Waals surface area contributed by atoms with Gasteiger partial charge in [0, 0.05) is 4.88 Å². The fourth-order valence-corrected chi connectivity index (χ4v) is 2.69. The minimum Gasteiger partial charge on any atom is -0.478 e. The number of thiazole rings is 1. The SMILES string of the molecule is Cc1ncsc1Cn1nnc2cccc(C(=O)O)c21. The van der Waals surface area contributed by atoms with Crippen molar-refractivity contribution in [2.45, 2.75) is 13.5 Å². The van der Waals surface area contributed by atoms with Gasteiger partial charge in [0.1, 0.15) is 11.0 Å². The molecule has 7 heteroatoms. The van der Waals surface area contributed by atoms with E-state index in [-0.39, 0.29) is 5.56 Å². The molecule has 0 fully saturated rings. The number of fused-ring (bicyclic) bond motifs is 1. The molecule has 0 aliphatic heterocycles. The molecule has 0 aliphatic rings. The summed E-state index contributed by atoms with van der Waals surface area (Å²) in [6.07, 6.45) is 0. The third-order valence-electron chi connectivity index (χ3n) is 2.90. The summed E-state index contributed by atoms with van der Waals surface area (Å²) < 4.78 is 1.61. The first-order valence-electron chi connectivity index (χ1n) is 5.61. The second-order valence-corrected chi connectivity index (χ2v) is 5.03. The molecular weight excluding hydrogens is 264 g/mol. The molecule has 0 atom stereocenters. The van der Waals surface area contributed by atoms with E-state index >= 15 is 0 Å². The van der Waals surface area contributed by atoms with Crippen LogP contribution >= 0.6 is 11.3 Å². The second-order valence-electron chi connectivity index (χ2n) is 4.09. The number of rotatable bonds is 3. The summed E-state index contributed by atoms with van der Waals surface area (Å²) in [6, 6.07) is 4.98. The molecule has 0 aliphatic carbocycles. The average molecular weight is 274 g/mol. The summed E-state index contributed by atoms with van der Waals surface area (Å²) in [5.74, 6) is -0.977. The van der Waals surface area contributed by atoms with E-state index in [1.54, 1.807) is 28.4 Å². The van der Waals surface area contributed by atoms with Crippen molar-refractivity contribution in [1.82, 2.24) is 20.0 Å². The van der Waals surface area contributed by atoms with E-state index in [2.05, 4.69) is 15.3 Å². The highest BCUT2D eigenvalue weighted by Crippen LogP contribution is 2.20. The summed E-state index contributed by atoms with van der Waals surface area (Å²) in [6.45, 7) is 2.40. The quantitative estimate of drug-likeness (QED) is 0.789. The van der Waals surface area contributed by atoms with Crippen molar-refractivity contribution < 1.29 is 9.90 Å². The van der Waals surface area contributed by atoms with Crippen molar-refractivity contribution in [2.75, 3.05) is 0 Å². The Morgan fingerprint density at radius 1 is 1.47 bits per heavy atom. The molecule has 0 amide bonds. The fraction of sp³-hybridized carbons (Fsp3) is 0.167. The standard InChI is InChI=1S/C12H10N4O2S/c1-7-10(19-6-13-7)5-16-11-8(12(17)18)3-2-4-9(11)14-15-16/h2-4,6H,5H2,1H3,(H,17,18). The van der Waals surface area contributed by atoms with Crippen LogP contribution < -0.4 is 0 Å². The highest BCUT2D eigenvalue weighted by molar-refractivity contribution is 7.09. The smallest absolute Gasteiger partial charge is 0.337 e. The molecule has 3 aromatic rings. The Labute approximate surface area is 112 Å². The average Bonchev–Trinajstić information content (AvgIpc) is 2.97. The van der Waals surface area contributed by atoms with Crippen LogP contribution in [0.4, 0.5) is 0 Å². The minimum absolute atomic E-state index is 0.213. The fourth-order valence-electron chi connectivity index (χ4n) is 1.93. The molecule has 0 saturated carbocycles. The lowest BCUT2D eigenvalue weighted by atomic mass is 10.2. The topological polar surface area (TPSA) is 80.9 Å². The molecule has 96 valence electrons. The lowest BCUT2D eigenvalue weighted by molar-refractivity contribution is 0.0698. The van der Waals surface area contributed by atoms with Crippen molar-refractivity contribution >= 4 is 28.3 Å². The van der Waals surface area contributed by atoms with E-state index in [0.717, 1.165) is 10.6 Å². The van der Waals surface area contributed by atoms with Crippen LogP contribution in [-0.2, 0) is 6.54 Å².